The van der Waals surface area contributed by atoms with Crippen molar-refractivity contribution in [2.75, 3.05) is 13.1 Å². The quantitative estimate of drug-likeness (QED) is 0.840. The van der Waals surface area contributed by atoms with E-state index in [4.69, 9.17) is 0 Å². The van der Waals surface area contributed by atoms with E-state index in [-0.39, 0.29) is 0 Å². The summed E-state index contributed by atoms with van der Waals surface area (Å²) in [5.74, 6) is 2.53. The van der Waals surface area contributed by atoms with Crippen LogP contribution in [0.15, 0.2) is 12.4 Å². The first-order chi connectivity index (χ1) is 7.92. The zero-order valence-electron chi connectivity index (χ0n) is 9.65. The number of hydrogen-bond donors (Lipinski definition) is 1. The zero-order chi connectivity index (χ0) is 10.8. The third kappa shape index (κ3) is 2.40. The molecule has 1 aromatic rings. The van der Waals surface area contributed by atoms with E-state index >= 15 is 0 Å². The van der Waals surface area contributed by atoms with Gasteiger partial charge in [-0.05, 0) is 56.2 Å². The molecule has 1 saturated carbocycles. The predicted molar refractivity (Wildman–Crippen MR) is 63.3 cm³/mol. The second kappa shape index (κ2) is 4.50. The van der Waals surface area contributed by atoms with Crippen molar-refractivity contribution in [2.24, 2.45) is 5.92 Å². The number of piperidine rings is 1. The molecule has 16 heavy (non-hydrogen) atoms. The summed E-state index contributed by atoms with van der Waals surface area (Å²) >= 11 is 0. The van der Waals surface area contributed by atoms with Gasteiger partial charge >= 0.3 is 0 Å². The minimum absolute atomic E-state index is 0.737. The van der Waals surface area contributed by atoms with Gasteiger partial charge in [-0.2, -0.15) is 0 Å². The second-order valence-corrected chi connectivity index (χ2v) is 5.12. The van der Waals surface area contributed by atoms with Gasteiger partial charge in [-0.1, -0.05) is 0 Å². The molecule has 1 aliphatic carbocycles. The maximum atomic E-state index is 4.50. The Hall–Kier alpha value is -0.960. The number of hydrogen-bond acceptors (Lipinski definition) is 3. The van der Waals surface area contributed by atoms with Crippen LogP contribution < -0.4 is 5.32 Å². The van der Waals surface area contributed by atoms with E-state index in [9.17, 15) is 0 Å². The van der Waals surface area contributed by atoms with Crippen molar-refractivity contribution in [1.29, 1.82) is 0 Å². The maximum absolute atomic E-state index is 4.50. The third-order valence-electron chi connectivity index (χ3n) is 3.64. The molecule has 1 aromatic heterocycles. The normalized spacial score (nSPS) is 25.6. The highest BCUT2D eigenvalue weighted by atomic mass is 14.9. The first-order valence-corrected chi connectivity index (χ1v) is 6.43. The molecule has 1 saturated heterocycles. The van der Waals surface area contributed by atoms with Crippen LogP contribution in [0, 0.1) is 5.92 Å². The van der Waals surface area contributed by atoms with Gasteiger partial charge in [0.15, 0.2) is 0 Å². The van der Waals surface area contributed by atoms with Crippen LogP contribution in [0.5, 0.6) is 0 Å². The predicted octanol–water partition coefficient (Wildman–Crippen LogP) is 1.90. The van der Waals surface area contributed by atoms with Gasteiger partial charge in [-0.25, -0.2) is 9.97 Å². The molecule has 0 radical (unpaired) electrons. The van der Waals surface area contributed by atoms with Crippen molar-refractivity contribution >= 4 is 0 Å². The minimum Gasteiger partial charge on any atom is -0.316 e. The van der Waals surface area contributed by atoms with E-state index in [1.54, 1.807) is 0 Å². The lowest BCUT2D eigenvalue weighted by molar-refractivity contribution is 0.370. The van der Waals surface area contributed by atoms with Crippen LogP contribution in [0.2, 0.25) is 0 Å². The molecular formula is C13H19N3. The summed E-state index contributed by atoms with van der Waals surface area (Å²) in [6.07, 6.45) is 10.4. The molecule has 2 heterocycles. The minimum atomic E-state index is 0.737. The fourth-order valence-electron chi connectivity index (χ4n) is 2.45. The lowest BCUT2D eigenvalue weighted by Crippen LogP contribution is -2.31. The molecule has 1 unspecified atom stereocenters. The van der Waals surface area contributed by atoms with Crippen molar-refractivity contribution in [3.63, 3.8) is 0 Å². The van der Waals surface area contributed by atoms with Gasteiger partial charge in [0.05, 0.1) is 0 Å². The van der Waals surface area contributed by atoms with Crippen molar-refractivity contribution in [3.8, 4) is 0 Å². The van der Waals surface area contributed by atoms with Crippen molar-refractivity contribution < 1.29 is 0 Å². The Morgan fingerprint density at radius 2 is 2.00 bits per heavy atom. The van der Waals surface area contributed by atoms with E-state index in [1.165, 1.54) is 37.8 Å². The number of aromatic nitrogens is 2. The molecule has 2 aliphatic rings. The fourth-order valence-corrected chi connectivity index (χ4v) is 2.45. The Morgan fingerprint density at radius 1 is 1.19 bits per heavy atom. The summed E-state index contributed by atoms with van der Waals surface area (Å²) in [4.78, 5) is 8.99. The first kappa shape index (κ1) is 10.2. The van der Waals surface area contributed by atoms with E-state index in [0.29, 0.717) is 0 Å². The molecule has 0 aromatic carbocycles. The molecular weight excluding hydrogens is 198 g/mol. The highest BCUT2D eigenvalue weighted by Crippen LogP contribution is 2.39. The summed E-state index contributed by atoms with van der Waals surface area (Å²) in [5.41, 5.74) is 1.34. The smallest absolute Gasteiger partial charge is 0.128 e. The van der Waals surface area contributed by atoms with Crippen LogP contribution in [0.4, 0.5) is 0 Å². The highest BCUT2D eigenvalue weighted by Gasteiger charge is 2.24. The summed E-state index contributed by atoms with van der Waals surface area (Å²) in [5, 5.41) is 3.44. The van der Waals surface area contributed by atoms with E-state index < -0.39 is 0 Å². The summed E-state index contributed by atoms with van der Waals surface area (Å²) < 4.78 is 0. The number of rotatable bonds is 3. The monoisotopic (exact) mass is 217 g/mol. The van der Waals surface area contributed by atoms with Crippen LogP contribution in [-0.4, -0.2) is 23.1 Å². The molecule has 0 bridgehead atoms. The molecule has 0 amide bonds. The van der Waals surface area contributed by atoms with Crippen molar-refractivity contribution in [2.45, 2.75) is 38.0 Å². The van der Waals surface area contributed by atoms with Crippen LogP contribution in [0.25, 0.3) is 0 Å². The molecule has 3 heteroatoms. The van der Waals surface area contributed by atoms with E-state index in [2.05, 4.69) is 15.3 Å². The Bertz CT molecular complexity index is 337. The van der Waals surface area contributed by atoms with Gasteiger partial charge in [0.25, 0.3) is 0 Å². The molecule has 1 N–H and O–H groups in total. The average molecular weight is 217 g/mol. The van der Waals surface area contributed by atoms with E-state index in [0.717, 1.165) is 30.6 Å². The second-order valence-electron chi connectivity index (χ2n) is 5.12. The standard InChI is InChI=1S/C13H19N3/c1-2-10(7-14-5-1)6-13-15-8-12(9-16-13)11-3-4-11/h8-11,14H,1-7H2. The Balaban J connectivity index is 1.60. The Kier molecular flexibility index (Phi) is 2.87. The number of nitrogens with one attached hydrogen (secondary N) is 1. The maximum Gasteiger partial charge on any atom is 0.128 e. The van der Waals surface area contributed by atoms with Gasteiger partial charge in [0.1, 0.15) is 5.82 Å². The molecule has 3 nitrogen and oxygen atoms in total. The Morgan fingerprint density at radius 3 is 2.62 bits per heavy atom. The molecule has 86 valence electrons. The Labute approximate surface area is 96.7 Å². The van der Waals surface area contributed by atoms with Gasteiger partial charge in [-0.3, -0.25) is 0 Å². The molecule has 2 fully saturated rings. The summed E-state index contributed by atoms with van der Waals surface area (Å²) in [6.45, 7) is 2.31. The largest absolute Gasteiger partial charge is 0.316 e. The van der Waals surface area contributed by atoms with Crippen LogP contribution in [-0.2, 0) is 6.42 Å². The molecule has 0 spiro atoms. The average Bonchev–Trinajstić information content (AvgIpc) is 3.15. The molecule has 1 aliphatic heterocycles. The lowest BCUT2D eigenvalue weighted by Gasteiger charge is -2.21. The van der Waals surface area contributed by atoms with Gasteiger partial charge in [0, 0.05) is 18.8 Å². The summed E-state index contributed by atoms with van der Waals surface area (Å²) in [7, 11) is 0. The number of nitrogens with zero attached hydrogens (tertiary/aromatic N) is 2. The van der Waals surface area contributed by atoms with Crippen molar-refractivity contribution in [3.05, 3.63) is 23.8 Å². The highest BCUT2D eigenvalue weighted by molar-refractivity contribution is 5.17. The fraction of sp³-hybridized carbons (Fsp3) is 0.692. The molecule has 3 rings (SSSR count). The zero-order valence-corrected chi connectivity index (χ0v) is 9.65. The van der Waals surface area contributed by atoms with Crippen LogP contribution in [0.3, 0.4) is 0 Å². The van der Waals surface area contributed by atoms with Crippen molar-refractivity contribution in [1.82, 2.24) is 15.3 Å². The third-order valence-corrected chi connectivity index (χ3v) is 3.64. The van der Waals surface area contributed by atoms with Gasteiger partial charge in [-0.15, -0.1) is 0 Å². The summed E-state index contributed by atoms with van der Waals surface area (Å²) in [6, 6.07) is 0. The van der Waals surface area contributed by atoms with Crippen LogP contribution in [0.1, 0.15) is 43.0 Å². The van der Waals surface area contributed by atoms with E-state index in [1.807, 2.05) is 12.4 Å². The van der Waals surface area contributed by atoms with Crippen LogP contribution >= 0.6 is 0 Å². The molecule has 1 atom stereocenters. The first-order valence-electron chi connectivity index (χ1n) is 6.43. The SMILES string of the molecule is c1nc(CC2CCCNC2)ncc1C1CC1. The van der Waals surface area contributed by atoms with Gasteiger partial charge in [0.2, 0.25) is 0 Å². The van der Waals surface area contributed by atoms with Gasteiger partial charge < -0.3 is 5.32 Å². The topological polar surface area (TPSA) is 37.8 Å². The lowest BCUT2D eigenvalue weighted by atomic mass is 9.96.